The molecule has 2 aromatic rings. The summed E-state index contributed by atoms with van der Waals surface area (Å²) in [4.78, 5) is 11.5. The zero-order chi connectivity index (χ0) is 16.6. The molecule has 1 aliphatic rings. The molecule has 2 atom stereocenters. The van der Waals surface area contributed by atoms with Crippen molar-refractivity contribution in [2.45, 2.75) is 24.8 Å². The smallest absolute Gasteiger partial charge is 0.336 e. The highest BCUT2D eigenvalue weighted by molar-refractivity contribution is 7.08. The van der Waals surface area contributed by atoms with Crippen molar-refractivity contribution in [3.8, 4) is 11.5 Å². The maximum absolute atomic E-state index is 11.5. The number of aromatic carboxylic acids is 1. The lowest BCUT2D eigenvalue weighted by atomic mass is 9.75. The second-order valence-corrected chi connectivity index (χ2v) is 6.38. The molecule has 6 heteroatoms. The summed E-state index contributed by atoms with van der Waals surface area (Å²) in [5, 5.41) is 13.0. The molecule has 0 radical (unpaired) electrons. The first-order valence-corrected chi connectivity index (χ1v) is 8.30. The second kappa shape index (κ2) is 6.22. The van der Waals surface area contributed by atoms with Gasteiger partial charge in [0.05, 0.1) is 19.8 Å². The van der Waals surface area contributed by atoms with Gasteiger partial charge in [0.25, 0.3) is 0 Å². The fraction of sp³-hybridized carbons (Fsp3) is 0.353. The number of thiophene rings is 1. The third-order valence-electron chi connectivity index (χ3n) is 4.41. The first kappa shape index (κ1) is 15.8. The number of methoxy groups -OCH3 is 2. The lowest BCUT2D eigenvalue weighted by molar-refractivity contribution is 0.0696. The zero-order valence-corrected chi connectivity index (χ0v) is 13.9. The molecule has 23 heavy (non-hydrogen) atoms. The van der Waals surface area contributed by atoms with E-state index in [4.69, 9.17) is 15.2 Å². The number of fused-ring (bicyclic) bond motifs is 1. The molecule has 5 nitrogen and oxygen atoms in total. The molecule has 0 saturated heterocycles. The van der Waals surface area contributed by atoms with Gasteiger partial charge in [-0.1, -0.05) is 0 Å². The first-order valence-electron chi connectivity index (χ1n) is 7.36. The van der Waals surface area contributed by atoms with Crippen LogP contribution in [0, 0.1) is 0 Å². The van der Waals surface area contributed by atoms with Crippen LogP contribution in [0.15, 0.2) is 22.9 Å². The van der Waals surface area contributed by atoms with E-state index in [1.54, 1.807) is 19.6 Å². The maximum Gasteiger partial charge on any atom is 0.336 e. The van der Waals surface area contributed by atoms with Gasteiger partial charge in [0.15, 0.2) is 11.5 Å². The molecule has 1 aromatic carbocycles. The van der Waals surface area contributed by atoms with Gasteiger partial charge in [0.2, 0.25) is 0 Å². The van der Waals surface area contributed by atoms with Crippen molar-refractivity contribution in [3.05, 3.63) is 45.1 Å². The molecule has 0 amide bonds. The SMILES string of the molecule is COc1cc2c(cc1OC)C(c1cscc1C(=O)O)C(N)CC2. The summed E-state index contributed by atoms with van der Waals surface area (Å²) >= 11 is 1.39. The summed E-state index contributed by atoms with van der Waals surface area (Å²) in [6.45, 7) is 0. The predicted octanol–water partition coefficient (Wildman–Crippen LogP) is 2.87. The van der Waals surface area contributed by atoms with Gasteiger partial charge in [-0.25, -0.2) is 4.79 Å². The van der Waals surface area contributed by atoms with Crippen LogP contribution in [0.2, 0.25) is 0 Å². The monoisotopic (exact) mass is 333 g/mol. The van der Waals surface area contributed by atoms with E-state index in [1.165, 1.54) is 11.3 Å². The minimum absolute atomic E-state index is 0.117. The van der Waals surface area contributed by atoms with Crippen LogP contribution in [0.1, 0.15) is 39.4 Å². The second-order valence-electron chi connectivity index (χ2n) is 5.63. The van der Waals surface area contributed by atoms with Gasteiger partial charge in [0.1, 0.15) is 0 Å². The molecule has 1 heterocycles. The van der Waals surface area contributed by atoms with Crippen LogP contribution >= 0.6 is 11.3 Å². The van der Waals surface area contributed by atoms with Crippen LogP contribution in [0.4, 0.5) is 0 Å². The molecule has 3 N–H and O–H groups in total. The van der Waals surface area contributed by atoms with Crippen LogP contribution in [0.25, 0.3) is 0 Å². The Labute approximate surface area is 138 Å². The summed E-state index contributed by atoms with van der Waals surface area (Å²) in [7, 11) is 3.20. The number of rotatable bonds is 4. The van der Waals surface area contributed by atoms with Crippen LogP contribution < -0.4 is 15.2 Å². The Kier molecular flexibility index (Phi) is 4.28. The highest BCUT2D eigenvalue weighted by atomic mass is 32.1. The standard InChI is InChI=1S/C17H19NO4S/c1-21-14-5-9-3-4-13(18)16(10(9)6-15(14)22-2)11-7-23-8-12(11)17(19)20/h5-8,13,16H,3-4,18H2,1-2H3,(H,19,20). The van der Waals surface area contributed by atoms with Crippen molar-refractivity contribution in [2.24, 2.45) is 5.73 Å². The molecule has 0 bridgehead atoms. The van der Waals surface area contributed by atoms with Crippen molar-refractivity contribution >= 4 is 17.3 Å². The Morgan fingerprint density at radius 2 is 1.91 bits per heavy atom. The minimum atomic E-state index is -0.916. The van der Waals surface area contributed by atoms with E-state index in [2.05, 4.69) is 0 Å². The van der Waals surface area contributed by atoms with Crippen LogP contribution in [-0.2, 0) is 6.42 Å². The molecule has 0 fully saturated rings. The zero-order valence-electron chi connectivity index (χ0n) is 13.0. The Bertz CT molecular complexity index is 740. The summed E-state index contributed by atoms with van der Waals surface area (Å²) in [5.41, 5.74) is 9.63. The van der Waals surface area contributed by atoms with Gasteiger partial charge in [-0.15, -0.1) is 0 Å². The van der Waals surface area contributed by atoms with Gasteiger partial charge in [-0.2, -0.15) is 11.3 Å². The summed E-state index contributed by atoms with van der Waals surface area (Å²) in [6, 6.07) is 3.79. The average molecular weight is 333 g/mol. The molecule has 0 saturated carbocycles. The summed E-state index contributed by atoms with van der Waals surface area (Å²) in [6.07, 6.45) is 1.65. The molecule has 0 spiro atoms. The van der Waals surface area contributed by atoms with Crippen LogP contribution in [0.3, 0.4) is 0 Å². The Morgan fingerprint density at radius 1 is 1.22 bits per heavy atom. The Morgan fingerprint density at radius 3 is 2.57 bits per heavy atom. The van der Waals surface area contributed by atoms with E-state index in [0.717, 1.165) is 29.5 Å². The van der Waals surface area contributed by atoms with E-state index < -0.39 is 5.97 Å². The fourth-order valence-corrected chi connectivity index (χ4v) is 4.14. The number of nitrogens with two attached hydrogens (primary N) is 1. The summed E-state index contributed by atoms with van der Waals surface area (Å²) < 4.78 is 10.8. The number of hydrogen-bond donors (Lipinski definition) is 2. The lowest BCUT2D eigenvalue weighted by Crippen LogP contribution is -2.34. The number of carbonyl (C=O) groups is 1. The normalized spacial score (nSPS) is 20.0. The van der Waals surface area contributed by atoms with Gasteiger partial charge >= 0.3 is 5.97 Å². The van der Waals surface area contributed by atoms with Gasteiger partial charge in [-0.05, 0) is 47.0 Å². The Hall–Kier alpha value is -2.05. The molecule has 122 valence electrons. The van der Waals surface area contributed by atoms with Crippen molar-refractivity contribution in [1.29, 1.82) is 0 Å². The third kappa shape index (κ3) is 2.68. The highest BCUT2D eigenvalue weighted by Crippen LogP contribution is 2.43. The first-order chi connectivity index (χ1) is 11.1. The van der Waals surface area contributed by atoms with Crippen molar-refractivity contribution in [1.82, 2.24) is 0 Å². The molecule has 2 unspecified atom stereocenters. The van der Waals surface area contributed by atoms with E-state index in [1.807, 2.05) is 17.5 Å². The summed E-state index contributed by atoms with van der Waals surface area (Å²) in [5.74, 6) is 0.263. The molecular formula is C17H19NO4S. The fourth-order valence-electron chi connectivity index (χ4n) is 3.28. The number of benzene rings is 1. The van der Waals surface area contributed by atoms with E-state index >= 15 is 0 Å². The highest BCUT2D eigenvalue weighted by Gasteiger charge is 2.33. The van der Waals surface area contributed by atoms with Crippen molar-refractivity contribution < 1.29 is 19.4 Å². The van der Waals surface area contributed by atoms with E-state index in [0.29, 0.717) is 17.1 Å². The van der Waals surface area contributed by atoms with Crippen LogP contribution in [0.5, 0.6) is 11.5 Å². The number of hydrogen-bond acceptors (Lipinski definition) is 5. The molecule has 0 aliphatic heterocycles. The third-order valence-corrected chi connectivity index (χ3v) is 5.17. The number of ether oxygens (including phenoxy) is 2. The van der Waals surface area contributed by atoms with E-state index in [9.17, 15) is 9.90 Å². The van der Waals surface area contributed by atoms with Gasteiger partial charge < -0.3 is 20.3 Å². The quantitative estimate of drug-likeness (QED) is 0.899. The molecule has 3 rings (SSSR count). The molecular weight excluding hydrogens is 314 g/mol. The molecule has 1 aliphatic carbocycles. The van der Waals surface area contributed by atoms with Crippen LogP contribution in [-0.4, -0.2) is 31.3 Å². The van der Waals surface area contributed by atoms with Gasteiger partial charge in [-0.3, -0.25) is 0 Å². The van der Waals surface area contributed by atoms with E-state index in [-0.39, 0.29) is 12.0 Å². The number of carboxylic acid groups (broad SMARTS) is 1. The largest absolute Gasteiger partial charge is 0.493 e. The lowest BCUT2D eigenvalue weighted by Gasteiger charge is -2.32. The topological polar surface area (TPSA) is 81.8 Å². The Balaban J connectivity index is 2.16. The number of aryl methyl sites for hydroxylation is 1. The predicted molar refractivity (Wildman–Crippen MR) is 89.0 cm³/mol. The minimum Gasteiger partial charge on any atom is -0.493 e. The average Bonchev–Trinajstić information content (AvgIpc) is 3.02. The van der Waals surface area contributed by atoms with Crippen molar-refractivity contribution in [3.63, 3.8) is 0 Å². The number of carboxylic acids is 1. The van der Waals surface area contributed by atoms with Gasteiger partial charge in [0, 0.05) is 17.3 Å². The van der Waals surface area contributed by atoms with Crippen molar-refractivity contribution in [2.75, 3.05) is 14.2 Å². The molecule has 1 aromatic heterocycles. The maximum atomic E-state index is 11.5.